The van der Waals surface area contributed by atoms with Crippen LogP contribution in [0.25, 0.3) is 27.5 Å². The molecule has 6 nitrogen and oxygen atoms in total. The number of aromatic carboxylic acids is 2. The number of rotatable bonds is 4. The van der Waals surface area contributed by atoms with Gasteiger partial charge in [0.25, 0.3) is 0 Å². The molecule has 0 saturated heterocycles. The molecular formula is C43H42N2O4. The van der Waals surface area contributed by atoms with E-state index in [-0.39, 0.29) is 22.0 Å². The molecule has 0 spiro atoms. The molecule has 49 heavy (non-hydrogen) atoms. The molecule has 0 aliphatic carbocycles. The molecule has 7 rings (SSSR count). The third-order valence-corrected chi connectivity index (χ3v) is 10.1. The lowest BCUT2D eigenvalue weighted by atomic mass is 9.68. The first kappa shape index (κ1) is 32.2. The fraction of sp³-hybridized carbons (Fsp3) is 0.256. The van der Waals surface area contributed by atoms with Gasteiger partial charge in [-0.1, -0.05) is 110 Å². The zero-order valence-corrected chi connectivity index (χ0v) is 29.3. The van der Waals surface area contributed by atoms with Gasteiger partial charge in [-0.05, 0) is 75.5 Å². The Hall–Kier alpha value is -5.36. The fourth-order valence-corrected chi connectivity index (χ4v) is 7.36. The van der Waals surface area contributed by atoms with Gasteiger partial charge in [0, 0.05) is 27.6 Å². The topological polar surface area (TPSA) is 82.8 Å². The number of carboxylic acids is 2. The fourth-order valence-electron chi connectivity index (χ4n) is 7.36. The molecule has 0 fully saturated rings. The Balaban J connectivity index is 1.65. The Morgan fingerprint density at radius 3 is 1.57 bits per heavy atom. The van der Waals surface area contributed by atoms with Crippen molar-refractivity contribution >= 4 is 50.8 Å². The number of anilines is 3. The SMILES string of the molecule is CC(C)(C)c1cc(C(=O)O)c2c(c1)C(C)(C)c1cc(C(C)(C)C)cc(C(=O)O)c1N2c1ccc2c3ccccc3n(-c3ccccc3)c2c1. The standard InChI is InChI=1S/C43H42N2O4/c1-41(2,3)25-20-31(39(46)47)37-33(22-25)43(7,8)34-23-26(42(4,5)6)21-32(40(48)49)38(34)45(37)28-18-19-30-29-16-12-13-17-35(29)44(36(30)24-28)27-14-10-9-11-15-27/h9-24H,1-8H3,(H,46,47)(H,48,49). The van der Waals surface area contributed by atoms with Crippen molar-refractivity contribution in [2.24, 2.45) is 0 Å². The molecule has 6 heteroatoms. The summed E-state index contributed by atoms with van der Waals surface area (Å²) in [7, 11) is 0. The van der Waals surface area contributed by atoms with E-state index in [0.717, 1.165) is 49.7 Å². The van der Waals surface area contributed by atoms with Gasteiger partial charge in [0.2, 0.25) is 0 Å². The van der Waals surface area contributed by atoms with Crippen molar-refractivity contribution in [3.63, 3.8) is 0 Å². The molecule has 1 aliphatic heterocycles. The number of para-hydroxylation sites is 2. The van der Waals surface area contributed by atoms with Gasteiger partial charge in [-0.25, -0.2) is 9.59 Å². The molecule has 0 unspecified atom stereocenters. The normalized spacial score (nSPS) is 14.2. The lowest BCUT2D eigenvalue weighted by molar-refractivity contribution is 0.0687. The minimum atomic E-state index is -1.06. The van der Waals surface area contributed by atoms with Crippen LogP contribution in [-0.4, -0.2) is 26.7 Å². The number of benzene rings is 5. The highest BCUT2D eigenvalue weighted by Gasteiger charge is 2.43. The Morgan fingerprint density at radius 2 is 1.06 bits per heavy atom. The predicted molar refractivity (Wildman–Crippen MR) is 199 cm³/mol. The van der Waals surface area contributed by atoms with E-state index in [0.29, 0.717) is 17.1 Å². The van der Waals surface area contributed by atoms with E-state index in [1.807, 2.05) is 41.3 Å². The largest absolute Gasteiger partial charge is 0.478 e. The first-order chi connectivity index (χ1) is 23.0. The van der Waals surface area contributed by atoms with E-state index in [4.69, 9.17) is 0 Å². The summed E-state index contributed by atoms with van der Waals surface area (Å²) in [5.74, 6) is -2.12. The Morgan fingerprint density at radius 1 is 0.571 bits per heavy atom. The molecule has 248 valence electrons. The monoisotopic (exact) mass is 650 g/mol. The van der Waals surface area contributed by atoms with Crippen LogP contribution in [-0.2, 0) is 16.2 Å². The molecular weight excluding hydrogens is 608 g/mol. The summed E-state index contributed by atoms with van der Waals surface area (Å²) in [5, 5.41) is 23.9. The van der Waals surface area contributed by atoms with Crippen molar-refractivity contribution in [1.82, 2.24) is 4.57 Å². The van der Waals surface area contributed by atoms with Crippen LogP contribution in [0.15, 0.2) is 97.1 Å². The number of hydrogen-bond acceptors (Lipinski definition) is 3. The first-order valence-electron chi connectivity index (χ1n) is 16.7. The van der Waals surface area contributed by atoms with Crippen molar-refractivity contribution in [2.75, 3.05) is 4.90 Å². The number of nitrogens with zero attached hydrogens (tertiary/aromatic N) is 2. The zero-order valence-electron chi connectivity index (χ0n) is 29.3. The van der Waals surface area contributed by atoms with E-state index in [2.05, 4.69) is 108 Å². The highest BCUT2D eigenvalue weighted by atomic mass is 16.4. The summed E-state index contributed by atoms with van der Waals surface area (Å²) < 4.78 is 2.21. The van der Waals surface area contributed by atoms with Crippen molar-refractivity contribution in [3.8, 4) is 5.69 Å². The van der Waals surface area contributed by atoms with Gasteiger partial charge < -0.3 is 19.7 Å². The predicted octanol–water partition coefficient (Wildman–Crippen LogP) is 10.9. The van der Waals surface area contributed by atoms with Crippen molar-refractivity contribution in [1.29, 1.82) is 0 Å². The average Bonchev–Trinajstić information content (AvgIpc) is 3.37. The maximum Gasteiger partial charge on any atom is 0.337 e. The summed E-state index contributed by atoms with van der Waals surface area (Å²) in [6, 6.07) is 32.3. The smallest absolute Gasteiger partial charge is 0.337 e. The van der Waals surface area contributed by atoms with Crippen LogP contribution in [0.3, 0.4) is 0 Å². The number of aromatic nitrogens is 1. The van der Waals surface area contributed by atoms with Crippen molar-refractivity contribution in [2.45, 2.75) is 71.6 Å². The summed E-state index contributed by atoms with van der Waals surface area (Å²) in [6.45, 7) is 16.6. The van der Waals surface area contributed by atoms with Crippen LogP contribution in [0.2, 0.25) is 0 Å². The van der Waals surface area contributed by atoms with E-state index >= 15 is 0 Å². The Bertz CT molecular complexity index is 2250. The molecule has 0 amide bonds. The van der Waals surface area contributed by atoms with E-state index in [1.165, 1.54) is 0 Å². The quantitative estimate of drug-likeness (QED) is 0.198. The van der Waals surface area contributed by atoms with Gasteiger partial charge in [0.1, 0.15) is 0 Å². The van der Waals surface area contributed by atoms with E-state index in [1.54, 1.807) is 12.1 Å². The van der Waals surface area contributed by atoms with E-state index in [9.17, 15) is 19.8 Å². The maximum absolute atomic E-state index is 13.3. The molecule has 1 aromatic heterocycles. The molecule has 2 heterocycles. The minimum absolute atomic E-state index is 0.140. The van der Waals surface area contributed by atoms with Crippen LogP contribution in [0.4, 0.5) is 17.1 Å². The molecule has 0 bridgehead atoms. The van der Waals surface area contributed by atoms with Crippen molar-refractivity contribution in [3.05, 3.63) is 130 Å². The molecule has 5 aromatic carbocycles. The highest BCUT2D eigenvalue weighted by molar-refractivity contribution is 6.12. The third-order valence-electron chi connectivity index (χ3n) is 10.1. The van der Waals surface area contributed by atoms with Gasteiger partial charge in [-0.2, -0.15) is 0 Å². The van der Waals surface area contributed by atoms with Gasteiger partial charge in [0.15, 0.2) is 0 Å². The van der Waals surface area contributed by atoms with Gasteiger partial charge in [-0.15, -0.1) is 0 Å². The van der Waals surface area contributed by atoms with E-state index < -0.39 is 17.4 Å². The highest BCUT2D eigenvalue weighted by Crippen LogP contribution is 2.56. The number of hydrogen-bond donors (Lipinski definition) is 2. The molecule has 0 saturated carbocycles. The maximum atomic E-state index is 13.3. The molecule has 6 aromatic rings. The number of carboxylic acid groups (broad SMARTS) is 2. The molecule has 0 atom stereocenters. The summed E-state index contributed by atoms with van der Waals surface area (Å²) in [6.07, 6.45) is 0. The van der Waals surface area contributed by atoms with Gasteiger partial charge in [-0.3, -0.25) is 0 Å². The lowest BCUT2D eigenvalue weighted by Gasteiger charge is -2.44. The molecule has 0 radical (unpaired) electrons. The summed E-state index contributed by atoms with van der Waals surface area (Å²) in [5.41, 5.74) is 7.05. The summed E-state index contributed by atoms with van der Waals surface area (Å²) in [4.78, 5) is 28.5. The Labute approximate surface area is 287 Å². The average molecular weight is 651 g/mol. The van der Waals surface area contributed by atoms with Gasteiger partial charge in [0.05, 0.1) is 33.5 Å². The molecule has 2 N–H and O–H groups in total. The van der Waals surface area contributed by atoms with Crippen LogP contribution in [0.5, 0.6) is 0 Å². The zero-order chi connectivity index (χ0) is 35.2. The second-order valence-electron chi connectivity index (χ2n) is 15.8. The van der Waals surface area contributed by atoms with Crippen LogP contribution >= 0.6 is 0 Å². The first-order valence-corrected chi connectivity index (χ1v) is 16.7. The Kier molecular flexibility index (Phi) is 7.11. The number of carbonyl (C=O) groups is 2. The van der Waals surface area contributed by atoms with Crippen LogP contribution < -0.4 is 4.90 Å². The lowest BCUT2D eigenvalue weighted by Crippen LogP contribution is -2.35. The summed E-state index contributed by atoms with van der Waals surface area (Å²) >= 11 is 0. The third kappa shape index (κ3) is 5.00. The number of fused-ring (bicyclic) bond motifs is 5. The van der Waals surface area contributed by atoms with Crippen LogP contribution in [0, 0.1) is 0 Å². The molecule has 1 aliphatic rings. The van der Waals surface area contributed by atoms with Crippen molar-refractivity contribution < 1.29 is 19.8 Å². The van der Waals surface area contributed by atoms with Gasteiger partial charge >= 0.3 is 11.9 Å². The van der Waals surface area contributed by atoms with Crippen LogP contribution in [0.1, 0.15) is 98.4 Å². The second-order valence-corrected chi connectivity index (χ2v) is 15.8. The minimum Gasteiger partial charge on any atom is -0.478 e. The second kappa shape index (κ2) is 10.8.